The molecule has 0 saturated carbocycles. The van der Waals surface area contributed by atoms with E-state index in [1.54, 1.807) is 6.92 Å². The van der Waals surface area contributed by atoms with E-state index >= 15 is 0 Å². The summed E-state index contributed by atoms with van der Waals surface area (Å²) in [7, 11) is 2.91. The van der Waals surface area contributed by atoms with E-state index in [0.29, 0.717) is 5.56 Å². The Bertz CT molecular complexity index is 469. The molecule has 126 valence electrons. The van der Waals surface area contributed by atoms with Crippen LogP contribution in [0.3, 0.4) is 0 Å². The van der Waals surface area contributed by atoms with Gasteiger partial charge in [-0.3, -0.25) is 0 Å². The molecular formula is C18H30O4. The topological polar surface area (TPSA) is 58.9 Å². The number of methoxy groups -OCH3 is 2. The van der Waals surface area contributed by atoms with Crippen LogP contribution in [0.15, 0.2) is 0 Å². The third-order valence-corrected chi connectivity index (χ3v) is 4.17. The third kappa shape index (κ3) is 4.46. The van der Waals surface area contributed by atoms with Crippen molar-refractivity contribution in [1.29, 1.82) is 0 Å². The molecule has 0 spiro atoms. The van der Waals surface area contributed by atoms with Crippen LogP contribution in [-0.4, -0.2) is 24.4 Å². The van der Waals surface area contributed by atoms with Crippen LogP contribution < -0.4 is 9.47 Å². The zero-order valence-corrected chi connectivity index (χ0v) is 14.4. The first-order chi connectivity index (χ1) is 10.6. The lowest BCUT2D eigenvalue weighted by Crippen LogP contribution is -1.99. The van der Waals surface area contributed by atoms with Gasteiger partial charge < -0.3 is 19.7 Å². The minimum atomic E-state index is 0.0510. The van der Waals surface area contributed by atoms with Crippen molar-refractivity contribution in [2.75, 3.05) is 14.2 Å². The first-order valence-corrected chi connectivity index (χ1v) is 8.23. The number of hydrogen-bond acceptors (Lipinski definition) is 4. The molecular weight excluding hydrogens is 280 g/mol. The molecule has 0 bridgehead atoms. The van der Waals surface area contributed by atoms with Crippen LogP contribution in [0, 0.1) is 6.92 Å². The molecule has 0 amide bonds. The molecule has 0 radical (unpaired) electrons. The highest BCUT2D eigenvalue weighted by molar-refractivity contribution is 5.65. The summed E-state index contributed by atoms with van der Waals surface area (Å²) in [6, 6.07) is 0. The van der Waals surface area contributed by atoms with Crippen molar-refractivity contribution in [2.45, 2.75) is 65.2 Å². The van der Waals surface area contributed by atoms with Crippen LogP contribution in [0.5, 0.6) is 23.0 Å². The van der Waals surface area contributed by atoms with Gasteiger partial charge in [-0.05, 0) is 19.8 Å². The van der Waals surface area contributed by atoms with E-state index in [4.69, 9.17) is 9.47 Å². The van der Waals surface area contributed by atoms with Crippen molar-refractivity contribution in [3.05, 3.63) is 11.1 Å². The number of phenolic OH excluding ortho intramolecular Hbond substituents is 2. The minimum Gasteiger partial charge on any atom is -0.504 e. The molecule has 22 heavy (non-hydrogen) atoms. The van der Waals surface area contributed by atoms with E-state index in [1.165, 1.54) is 46.3 Å². The molecule has 0 aliphatic carbocycles. The summed E-state index contributed by atoms with van der Waals surface area (Å²) in [4.78, 5) is 0. The molecule has 0 aromatic heterocycles. The fraction of sp³-hybridized carbons (Fsp3) is 0.667. The number of ether oxygens (including phenoxy) is 2. The predicted octanol–water partition coefficient (Wildman–Crippen LogP) is 4.72. The summed E-state index contributed by atoms with van der Waals surface area (Å²) < 4.78 is 10.3. The number of phenols is 2. The highest BCUT2D eigenvalue weighted by Crippen LogP contribution is 2.48. The zero-order valence-electron chi connectivity index (χ0n) is 14.4. The van der Waals surface area contributed by atoms with Gasteiger partial charge in [0, 0.05) is 11.1 Å². The Kier molecular flexibility index (Phi) is 7.92. The molecule has 0 unspecified atom stereocenters. The molecule has 0 heterocycles. The van der Waals surface area contributed by atoms with Crippen molar-refractivity contribution < 1.29 is 19.7 Å². The number of rotatable bonds is 10. The van der Waals surface area contributed by atoms with Crippen molar-refractivity contribution >= 4 is 0 Å². The van der Waals surface area contributed by atoms with Crippen LogP contribution >= 0.6 is 0 Å². The normalized spacial score (nSPS) is 10.7. The van der Waals surface area contributed by atoms with Gasteiger partial charge in [-0.2, -0.15) is 0 Å². The summed E-state index contributed by atoms with van der Waals surface area (Å²) in [5.74, 6) is 0.542. The first-order valence-electron chi connectivity index (χ1n) is 8.23. The van der Waals surface area contributed by atoms with Crippen LogP contribution in [0.1, 0.15) is 63.0 Å². The molecule has 0 aliphatic rings. The lowest BCUT2D eigenvalue weighted by molar-refractivity contribution is 0.313. The van der Waals surface area contributed by atoms with Gasteiger partial charge in [0.25, 0.3) is 0 Å². The summed E-state index contributed by atoms with van der Waals surface area (Å²) in [5.41, 5.74) is 1.42. The average molecular weight is 310 g/mol. The number of unbranched alkanes of at least 4 members (excludes halogenated alkanes) is 6. The van der Waals surface area contributed by atoms with Crippen molar-refractivity contribution in [2.24, 2.45) is 0 Å². The van der Waals surface area contributed by atoms with Crippen molar-refractivity contribution in [3.63, 3.8) is 0 Å². The fourth-order valence-electron chi connectivity index (χ4n) is 2.79. The minimum absolute atomic E-state index is 0.0510. The number of benzene rings is 1. The van der Waals surface area contributed by atoms with Gasteiger partial charge in [0.1, 0.15) is 0 Å². The smallest absolute Gasteiger partial charge is 0.207 e. The largest absolute Gasteiger partial charge is 0.504 e. The highest BCUT2D eigenvalue weighted by Gasteiger charge is 2.22. The van der Waals surface area contributed by atoms with Crippen LogP contribution in [0.25, 0.3) is 0 Å². The van der Waals surface area contributed by atoms with Gasteiger partial charge in [-0.15, -0.1) is 0 Å². The van der Waals surface area contributed by atoms with Gasteiger partial charge in [-0.1, -0.05) is 45.4 Å². The fourth-order valence-corrected chi connectivity index (χ4v) is 2.79. The van der Waals surface area contributed by atoms with Crippen molar-refractivity contribution in [3.8, 4) is 23.0 Å². The Morgan fingerprint density at radius 1 is 0.773 bits per heavy atom. The summed E-state index contributed by atoms with van der Waals surface area (Å²) in [6.07, 6.45) is 9.24. The second-order valence-electron chi connectivity index (χ2n) is 5.74. The van der Waals surface area contributed by atoms with E-state index in [2.05, 4.69) is 6.92 Å². The molecule has 1 rings (SSSR count). The SMILES string of the molecule is CCCCCCCCCc1c(C)c(O)c(OC)c(OC)c1O. The van der Waals surface area contributed by atoms with Gasteiger partial charge >= 0.3 is 0 Å². The van der Waals surface area contributed by atoms with Crippen LogP contribution in [0.2, 0.25) is 0 Å². The lowest BCUT2D eigenvalue weighted by Gasteiger charge is -2.17. The molecule has 0 fully saturated rings. The van der Waals surface area contributed by atoms with Gasteiger partial charge in [0.2, 0.25) is 11.5 Å². The molecule has 2 N–H and O–H groups in total. The Morgan fingerprint density at radius 3 is 1.82 bits per heavy atom. The summed E-state index contributed by atoms with van der Waals surface area (Å²) in [6.45, 7) is 4.02. The Balaban J connectivity index is 2.69. The van der Waals surface area contributed by atoms with E-state index in [1.807, 2.05) is 0 Å². The van der Waals surface area contributed by atoms with E-state index in [9.17, 15) is 10.2 Å². The first kappa shape index (κ1) is 18.5. The monoisotopic (exact) mass is 310 g/mol. The molecule has 1 aromatic rings. The number of hydrogen-bond donors (Lipinski definition) is 2. The summed E-state index contributed by atoms with van der Waals surface area (Å²) in [5, 5.41) is 20.6. The quantitative estimate of drug-likeness (QED) is 0.485. The van der Waals surface area contributed by atoms with Gasteiger partial charge in [0.05, 0.1) is 14.2 Å². The maximum Gasteiger partial charge on any atom is 0.207 e. The Labute approximate surface area is 134 Å². The lowest BCUT2D eigenvalue weighted by atomic mass is 9.98. The average Bonchev–Trinajstić information content (AvgIpc) is 2.52. The molecule has 0 aliphatic heterocycles. The maximum atomic E-state index is 10.4. The second-order valence-corrected chi connectivity index (χ2v) is 5.74. The van der Waals surface area contributed by atoms with Gasteiger partial charge in [0.15, 0.2) is 11.5 Å². The van der Waals surface area contributed by atoms with Crippen molar-refractivity contribution in [1.82, 2.24) is 0 Å². The highest BCUT2D eigenvalue weighted by atomic mass is 16.5. The Morgan fingerprint density at radius 2 is 1.27 bits per heavy atom. The molecule has 0 saturated heterocycles. The standard InChI is InChI=1S/C18H30O4/c1-5-6-7-8-9-10-11-12-14-13(2)15(19)17(21-3)18(22-4)16(14)20/h19-20H,5-12H2,1-4H3. The second kappa shape index (κ2) is 9.44. The van der Waals surface area contributed by atoms with Crippen LogP contribution in [0.4, 0.5) is 0 Å². The van der Waals surface area contributed by atoms with E-state index in [0.717, 1.165) is 24.8 Å². The summed E-state index contributed by atoms with van der Waals surface area (Å²) >= 11 is 0. The molecule has 4 nitrogen and oxygen atoms in total. The van der Waals surface area contributed by atoms with Gasteiger partial charge in [-0.25, -0.2) is 0 Å². The Hall–Kier alpha value is -1.58. The van der Waals surface area contributed by atoms with E-state index < -0.39 is 0 Å². The molecule has 0 atom stereocenters. The predicted molar refractivity (Wildman–Crippen MR) is 89.3 cm³/mol. The van der Waals surface area contributed by atoms with Crippen LogP contribution in [-0.2, 0) is 6.42 Å². The van der Waals surface area contributed by atoms with E-state index in [-0.39, 0.29) is 23.0 Å². The number of aromatic hydroxyl groups is 2. The third-order valence-electron chi connectivity index (χ3n) is 4.17. The maximum absolute atomic E-state index is 10.4. The zero-order chi connectivity index (χ0) is 16.5. The molecule has 1 aromatic carbocycles. The molecule has 4 heteroatoms.